The highest BCUT2D eigenvalue weighted by Crippen LogP contribution is 2.67. The van der Waals surface area contributed by atoms with Gasteiger partial charge in [0.1, 0.15) is 0 Å². The monoisotopic (exact) mass is 639 g/mol. The normalized spacial score (nSPS) is 33.0. The summed E-state index contributed by atoms with van der Waals surface area (Å²) in [6.07, 6.45) is 42.5. The zero-order valence-electron chi connectivity index (χ0n) is 32.5. The minimum atomic E-state index is 0.518. The number of nitrogens with two attached hydrogens (primary N) is 1. The van der Waals surface area contributed by atoms with Crippen molar-refractivity contribution < 1.29 is 5.32 Å². The number of hydrogen-bond acceptors (Lipinski definition) is 0. The Labute approximate surface area is 290 Å². The molecule has 0 aromatic rings. The lowest BCUT2D eigenvalue weighted by Gasteiger charge is -2.58. The Morgan fingerprint density at radius 3 is 1.89 bits per heavy atom. The first-order chi connectivity index (χ1) is 22.3. The molecule has 0 aliphatic heterocycles. The lowest BCUT2D eigenvalue weighted by atomic mass is 9.47. The highest BCUT2D eigenvalue weighted by molar-refractivity contribution is 5.25. The van der Waals surface area contributed by atoms with E-state index in [0.717, 1.165) is 41.5 Å². The molecule has 4 rings (SSSR count). The molecule has 0 aromatic heterocycles. The summed E-state index contributed by atoms with van der Waals surface area (Å²) in [5, 5.41) is 2.77. The van der Waals surface area contributed by atoms with E-state index in [1.165, 1.54) is 180 Å². The Morgan fingerprint density at radius 1 is 0.674 bits per heavy atom. The van der Waals surface area contributed by atoms with Crippen LogP contribution in [0.2, 0.25) is 0 Å². The van der Waals surface area contributed by atoms with Crippen molar-refractivity contribution in [3.8, 4) is 0 Å². The van der Waals surface area contributed by atoms with E-state index in [0.29, 0.717) is 10.8 Å². The molecule has 0 spiro atoms. The van der Waals surface area contributed by atoms with E-state index in [4.69, 9.17) is 0 Å². The van der Waals surface area contributed by atoms with Gasteiger partial charge in [0.2, 0.25) is 0 Å². The number of quaternary nitrogens is 1. The van der Waals surface area contributed by atoms with Crippen molar-refractivity contribution in [2.45, 2.75) is 221 Å². The molecule has 3 saturated carbocycles. The van der Waals surface area contributed by atoms with Crippen LogP contribution < -0.4 is 5.32 Å². The third-order valence-electron chi connectivity index (χ3n) is 14.9. The molecule has 0 saturated heterocycles. The van der Waals surface area contributed by atoms with Gasteiger partial charge >= 0.3 is 0 Å². The summed E-state index contributed by atoms with van der Waals surface area (Å²) in [6.45, 7) is 16.6. The molecule has 1 nitrogen and oxygen atoms in total. The van der Waals surface area contributed by atoms with Gasteiger partial charge in [0.05, 0.1) is 12.6 Å². The average Bonchev–Trinajstić information content (AvgIpc) is 3.39. The van der Waals surface area contributed by atoms with Gasteiger partial charge in [-0.2, -0.15) is 0 Å². The minimum absolute atomic E-state index is 0.518. The molecule has 0 radical (unpaired) electrons. The number of unbranched alkanes of at least 4 members (excludes halogenated alkanes) is 15. The van der Waals surface area contributed by atoms with E-state index < -0.39 is 0 Å². The lowest BCUT2D eigenvalue weighted by Crippen LogP contribution is -2.90. The second-order valence-corrected chi connectivity index (χ2v) is 18.6. The summed E-state index contributed by atoms with van der Waals surface area (Å²) in [7, 11) is 0. The van der Waals surface area contributed by atoms with Crippen LogP contribution >= 0.6 is 0 Å². The molecule has 3 fully saturated rings. The molecule has 0 heterocycles. The maximum absolute atomic E-state index is 2.82. The summed E-state index contributed by atoms with van der Waals surface area (Å²) >= 11 is 0. The van der Waals surface area contributed by atoms with E-state index in [9.17, 15) is 0 Å². The van der Waals surface area contributed by atoms with E-state index in [1.807, 2.05) is 5.57 Å². The smallest absolute Gasteiger partial charge is 0.0897 e. The van der Waals surface area contributed by atoms with Crippen LogP contribution in [0.15, 0.2) is 11.6 Å². The first-order valence-electron chi connectivity index (χ1n) is 21.8. The van der Waals surface area contributed by atoms with Gasteiger partial charge in [0, 0.05) is 12.8 Å². The molecule has 46 heavy (non-hydrogen) atoms. The highest BCUT2D eigenvalue weighted by Gasteiger charge is 2.59. The molecule has 8 unspecified atom stereocenters. The van der Waals surface area contributed by atoms with Gasteiger partial charge in [0.15, 0.2) is 0 Å². The SMILES string of the molecule is CCCCCCCCCCCCCCCCCC[NH2+]C1CCC2(C)C(=CCC3C2CCC2(C)C(C(C)CCCC(C)C)CCC32)C1. The molecule has 4 aliphatic rings. The van der Waals surface area contributed by atoms with Crippen LogP contribution in [-0.2, 0) is 0 Å². The largest absolute Gasteiger partial charge is 0.344 e. The van der Waals surface area contributed by atoms with Crippen LogP contribution in [0, 0.1) is 46.3 Å². The van der Waals surface area contributed by atoms with Crippen LogP contribution in [0.5, 0.6) is 0 Å². The van der Waals surface area contributed by atoms with Crippen molar-refractivity contribution in [1.82, 2.24) is 0 Å². The van der Waals surface area contributed by atoms with Gasteiger partial charge in [-0.05, 0) is 97.7 Å². The highest BCUT2D eigenvalue weighted by atomic mass is 14.9. The zero-order chi connectivity index (χ0) is 32.8. The second-order valence-electron chi connectivity index (χ2n) is 18.6. The van der Waals surface area contributed by atoms with Crippen LogP contribution in [0.1, 0.15) is 215 Å². The molecule has 1 heteroatoms. The number of rotatable bonds is 23. The standard InChI is InChI=1S/C45H83N/c1-7-8-9-10-11-12-13-14-15-16-17-18-19-20-21-22-34-46-39-30-32-44(5)38(35-39)26-27-40-42-29-28-41(37(4)25-23-24-36(2)3)45(42,6)33-31-43(40)44/h26,36-37,39-43,46H,7-25,27-35H2,1-6H3/p+1. The van der Waals surface area contributed by atoms with Crippen molar-refractivity contribution in [3.63, 3.8) is 0 Å². The van der Waals surface area contributed by atoms with Crippen molar-refractivity contribution in [1.29, 1.82) is 0 Å². The molecule has 4 aliphatic carbocycles. The van der Waals surface area contributed by atoms with Crippen LogP contribution in [0.4, 0.5) is 0 Å². The van der Waals surface area contributed by atoms with E-state index in [1.54, 1.807) is 0 Å². The molecular formula is C45H84N+. The summed E-state index contributed by atoms with van der Waals surface area (Å²) in [5.74, 6) is 5.73. The molecule has 0 aromatic carbocycles. The quantitative estimate of drug-likeness (QED) is 0.0847. The fourth-order valence-corrected chi connectivity index (χ4v) is 12.0. The third kappa shape index (κ3) is 10.6. The van der Waals surface area contributed by atoms with Gasteiger partial charge in [0.25, 0.3) is 0 Å². The van der Waals surface area contributed by atoms with Gasteiger partial charge in [-0.15, -0.1) is 0 Å². The van der Waals surface area contributed by atoms with Gasteiger partial charge in [-0.25, -0.2) is 0 Å². The van der Waals surface area contributed by atoms with Crippen LogP contribution in [0.3, 0.4) is 0 Å². The fraction of sp³-hybridized carbons (Fsp3) is 0.956. The Morgan fingerprint density at radius 2 is 1.28 bits per heavy atom. The zero-order valence-corrected chi connectivity index (χ0v) is 32.5. The second kappa shape index (κ2) is 19.8. The van der Waals surface area contributed by atoms with E-state index in [-0.39, 0.29) is 0 Å². The fourth-order valence-electron chi connectivity index (χ4n) is 12.0. The Balaban J connectivity index is 1.07. The predicted octanol–water partition coefficient (Wildman–Crippen LogP) is 13.2. The molecule has 8 atom stereocenters. The van der Waals surface area contributed by atoms with E-state index in [2.05, 4.69) is 52.9 Å². The maximum atomic E-state index is 2.82. The van der Waals surface area contributed by atoms with Crippen molar-refractivity contribution in [3.05, 3.63) is 11.6 Å². The van der Waals surface area contributed by atoms with Gasteiger partial charge in [-0.1, -0.05) is 162 Å². The minimum Gasteiger partial charge on any atom is -0.344 e. The first-order valence-corrected chi connectivity index (χ1v) is 21.8. The summed E-state index contributed by atoms with van der Waals surface area (Å²) < 4.78 is 0. The molecule has 0 bridgehead atoms. The average molecular weight is 639 g/mol. The lowest BCUT2D eigenvalue weighted by molar-refractivity contribution is -0.691. The Kier molecular flexibility index (Phi) is 16.6. The van der Waals surface area contributed by atoms with Crippen LogP contribution in [0.25, 0.3) is 0 Å². The third-order valence-corrected chi connectivity index (χ3v) is 14.9. The summed E-state index contributed by atoms with van der Waals surface area (Å²) in [5.41, 5.74) is 3.04. The number of fused-ring (bicyclic) bond motifs is 5. The van der Waals surface area contributed by atoms with Crippen molar-refractivity contribution in [2.75, 3.05) is 6.54 Å². The molecule has 268 valence electrons. The Hall–Kier alpha value is -0.300. The number of allylic oxidation sites excluding steroid dienone is 1. The van der Waals surface area contributed by atoms with Crippen LogP contribution in [-0.4, -0.2) is 12.6 Å². The molecule has 2 N–H and O–H groups in total. The van der Waals surface area contributed by atoms with Crippen molar-refractivity contribution >= 4 is 0 Å². The predicted molar refractivity (Wildman–Crippen MR) is 203 cm³/mol. The summed E-state index contributed by atoms with van der Waals surface area (Å²) in [6, 6.07) is 0.864. The maximum Gasteiger partial charge on any atom is 0.0897 e. The van der Waals surface area contributed by atoms with Gasteiger partial charge in [-0.3, -0.25) is 0 Å². The topological polar surface area (TPSA) is 16.6 Å². The van der Waals surface area contributed by atoms with E-state index >= 15 is 0 Å². The first kappa shape index (κ1) is 38.5. The molecule has 0 amide bonds. The Bertz CT molecular complexity index is 857. The summed E-state index contributed by atoms with van der Waals surface area (Å²) in [4.78, 5) is 0. The van der Waals surface area contributed by atoms with Gasteiger partial charge < -0.3 is 5.32 Å². The molecular weight excluding hydrogens is 555 g/mol. The van der Waals surface area contributed by atoms with Crippen molar-refractivity contribution in [2.24, 2.45) is 46.3 Å². The number of hydrogen-bond donors (Lipinski definition) is 1.